The Labute approximate surface area is 194 Å². The van der Waals surface area contributed by atoms with Crippen LogP contribution in [0.5, 0.6) is 0 Å². The Morgan fingerprint density at radius 1 is 1.06 bits per heavy atom. The summed E-state index contributed by atoms with van der Waals surface area (Å²) in [6, 6.07) is 14.6. The highest BCUT2D eigenvalue weighted by Gasteiger charge is 2.30. The lowest BCUT2D eigenvalue weighted by Crippen LogP contribution is -2.07. The van der Waals surface area contributed by atoms with Gasteiger partial charge >= 0.3 is 6.18 Å². The third-order valence-electron chi connectivity index (χ3n) is 5.43. The Bertz CT molecular complexity index is 1500. The van der Waals surface area contributed by atoms with Gasteiger partial charge in [-0.05, 0) is 56.3 Å². The van der Waals surface area contributed by atoms with E-state index < -0.39 is 11.7 Å². The Kier molecular flexibility index (Phi) is 5.29. The van der Waals surface area contributed by atoms with Gasteiger partial charge in [-0.2, -0.15) is 13.2 Å². The lowest BCUT2D eigenvalue weighted by molar-refractivity contribution is -0.137. The minimum absolute atomic E-state index is 0.0810. The summed E-state index contributed by atoms with van der Waals surface area (Å²) in [6.07, 6.45) is -4.39. The molecule has 10 heteroatoms. The molecule has 0 radical (unpaired) electrons. The van der Waals surface area contributed by atoms with Crippen molar-refractivity contribution in [2.45, 2.75) is 25.2 Å². The van der Waals surface area contributed by atoms with Crippen LogP contribution in [0.3, 0.4) is 0 Å². The summed E-state index contributed by atoms with van der Waals surface area (Å²) in [5.41, 5.74) is 2.86. The maximum Gasteiger partial charge on any atom is 0.416 e. The summed E-state index contributed by atoms with van der Waals surface area (Å²) in [4.78, 5) is 13.8. The van der Waals surface area contributed by atoms with Gasteiger partial charge in [-0.3, -0.25) is 9.20 Å². The van der Waals surface area contributed by atoms with E-state index in [1.807, 2.05) is 35.6 Å². The second kappa shape index (κ2) is 8.03. The molecule has 0 unspecified atom stereocenters. The Morgan fingerprint density at radius 3 is 2.52 bits per heavy atom. The predicted octanol–water partition coefficient (Wildman–Crippen LogP) is 6.35. The van der Waals surface area contributed by atoms with E-state index in [9.17, 15) is 18.0 Å². The van der Waals surface area contributed by atoms with Crippen LogP contribution in [0, 0.1) is 13.8 Å². The number of thiazole rings is 1. The zero-order valence-electron chi connectivity index (χ0n) is 17.6. The van der Waals surface area contributed by atoms with Crippen LogP contribution in [-0.2, 0) is 6.18 Å². The summed E-state index contributed by atoms with van der Waals surface area (Å²) in [5.74, 6) is 0.0879. The predicted molar refractivity (Wildman–Crippen MR) is 124 cm³/mol. The van der Waals surface area contributed by atoms with Crippen molar-refractivity contribution < 1.29 is 18.0 Å². The summed E-state index contributed by atoms with van der Waals surface area (Å²) < 4.78 is 43.5. The van der Waals surface area contributed by atoms with Gasteiger partial charge in [0.1, 0.15) is 0 Å². The van der Waals surface area contributed by atoms with Gasteiger partial charge in [0.25, 0.3) is 0 Å². The molecule has 0 spiro atoms. The zero-order valence-corrected chi connectivity index (χ0v) is 19.2. The van der Waals surface area contributed by atoms with Gasteiger partial charge in [0, 0.05) is 22.6 Å². The number of fused-ring (bicyclic) bond motifs is 3. The van der Waals surface area contributed by atoms with E-state index in [-0.39, 0.29) is 11.5 Å². The lowest BCUT2D eigenvalue weighted by atomic mass is 10.1. The summed E-state index contributed by atoms with van der Waals surface area (Å²) >= 11 is 2.85. The molecule has 2 aromatic carbocycles. The maximum absolute atomic E-state index is 13.0. The molecular formula is C23H17F3N4OS2. The quantitative estimate of drug-likeness (QED) is 0.215. The van der Waals surface area contributed by atoms with Crippen LogP contribution in [-0.4, -0.2) is 30.7 Å². The number of carbonyl (C=O) groups is 1. The second-order valence-electron chi connectivity index (χ2n) is 7.55. The molecule has 0 aliphatic rings. The number of Topliss-reactive ketones (excluding diaryl/α,β-unsaturated/α-hetero) is 1. The first-order valence-corrected chi connectivity index (χ1v) is 11.8. The third kappa shape index (κ3) is 3.83. The Hall–Kier alpha value is -3.11. The van der Waals surface area contributed by atoms with Crippen LogP contribution >= 0.6 is 23.1 Å². The highest BCUT2D eigenvalue weighted by molar-refractivity contribution is 7.99. The fraction of sp³-hybridized carbons (Fsp3) is 0.174. The van der Waals surface area contributed by atoms with Crippen LogP contribution in [0.2, 0.25) is 0 Å². The number of hydrogen-bond acceptors (Lipinski definition) is 5. The minimum Gasteiger partial charge on any atom is -0.318 e. The molecule has 168 valence electrons. The molecule has 0 fully saturated rings. The molecule has 5 aromatic rings. The summed E-state index contributed by atoms with van der Waals surface area (Å²) in [7, 11) is 0. The number of nitrogens with zero attached hydrogens (tertiary/aromatic N) is 4. The minimum atomic E-state index is -4.39. The highest BCUT2D eigenvalue weighted by Crippen LogP contribution is 2.32. The van der Waals surface area contributed by atoms with Crippen molar-refractivity contribution in [1.82, 2.24) is 19.2 Å². The van der Waals surface area contributed by atoms with Gasteiger partial charge in [0.2, 0.25) is 4.96 Å². The number of aryl methyl sites for hydroxylation is 1. The van der Waals surface area contributed by atoms with Crippen molar-refractivity contribution >= 4 is 44.1 Å². The van der Waals surface area contributed by atoms with Gasteiger partial charge in [-0.1, -0.05) is 35.2 Å². The van der Waals surface area contributed by atoms with E-state index in [0.717, 1.165) is 33.0 Å². The van der Waals surface area contributed by atoms with Crippen LogP contribution in [0.15, 0.2) is 59.8 Å². The Balaban J connectivity index is 1.39. The number of halogens is 3. The number of ketones is 1. The molecule has 0 aliphatic carbocycles. The SMILES string of the molecule is Cc1cc(C(=O)CSc2nnc3sc4ccccc4n23)c(C)n1-c1ccc(C(F)(F)F)cc1. The normalized spacial score (nSPS) is 12.2. The molecule has 0 saturated heterocycles. The van der Waals surface area contributed by atoms with Crippen molar-refractivity contribution in [2.24, 2.45) is 0 Å². The van der Waals surface area contributed by atoms with E-state index in [0.29, 0.717) is 22.1 Å². The maximum atomic E-state index is 13.0. The second-order valence-corrected chi connectivity index (χ2v) is 9.50. The first kappa shape index (κ1) is 21.7. The molecule has 0 bridgehead atoms. The molecule has 3 heterocycles. The van der Waals surface area contributed by atoms with Crippen LogP contribution < -0.4 is 0 Å². The fourth-order valence-electron chi connectivity index (χ4n) is 3.90. The van der Waals surface area contributed by atoms with Crippen LogP contribution in [0.25, 0.3) is 20.9 Å². The van der Waals surface area contributed by atoms with E-state index in [1.54, 1.807) is 17.6 Å². The third-order valence-corrected chi connectivity index (χ3v) is 7.37. The van der Waals surface area contributed by atoms with Crippen molar-refractivity contribution in [1.29, 1.82) is 0 Å². The van der Waals surface area contributed by atoms with Crippen molar-refractivity contribution in [3.63, 3.8) is 0 Å². The smallest absolute Gasteiger partial charge is 0.318 e. The zero-order chi connectivity index (χ0) is 23.3. The number of carbonyl (C=O) groups excluding carboxylic acids is 1. The number of thioether (sulfide) groups is 1. The average Bonchev–Trinajstić information content (AvgIpc) is 3.43. The number of aromatic nitrogens is 4. The monoisotopic (exact) mass is 486 g/mol. The molecule has 0 amide bonds. The first-order valence-electron chi connectivity index (χ1n) is 9.99. The van der Waals surface area contributed by atoms with E-state index in [2.05, 4.69) is 10.2 Å². The van der Waals surface area contributed by atoms with Gasteiger partial charge in [-0.15, -0.1) is 10.2 Å². The molecule has 5 nitrogen and oxygen atoms in total. The highest BCUT2D eigenvalue weighted by atomic mass is 32.2. The van der Waals surface area contributed by atoms with Gasteiger partial charge < -0.3 is 4.57 Å². The number of alkyl halides is 3. The number of benzene rings is 2. The van der Waals surface area contributed by atoms with E-state index >= 15 is 0 Å². The fourth-order valence-corrected chi connectivity index (χ4v) is 5.75. The Morgan fingerprint density at radius 2 is 1.79 bits per heavy atom. The molecule has 0 aliphatic heterocycles. The van der Waals surface area contributed by atoms with Gasteiger partial charge in [-0.25, -0.2) is 0 Å². The first-order chi connectivity index (χ1) is 15.7. The molecular weight excluding hydrogens is 469 g/mol. The number of rotatable bonds is 5. The largest absolute Gasteiger partial charge is 0.416 e. The van der Waals surface area contributed by atoms with Crippen LogP contribution in [0.4, 0.5) is 13.2 Å². The average molecular weight is 487 g/mol. The van der Waals surface area contributed by atoms with Crippen LogP contribution in [0.1, 0.15) is 27.3 Å². The van der Waals surface area contributed by atoms with Gasteiger partial charge in [0.15, 0.2) is 10.9 Å². The van der Waals surface area contributed by atoms with E-state index in [1.165, 1.54) is 35.2 Å². The standard InChI is InChI=1S/C23H17F3N4OS2/c1-13-11-17(14(2)29(13)16-9-7-15(8-10-16)23(24,25)26)19(31)12-32-21-27-28-22-30(21)18-5-3-4-6-20(18)33-22/h3-11H,12H2,1-2H3. The van der Waals surface area contributed by atoms with Crippen molar-refractivity contribution in [3.8, 4) is 5.69 Å². The molecule has 5 rings (SSSR count). The molecule has 0 atom stereocenters. The molecule has 0 saturated carbocycles. The number of hydrogen-bond donors (Lipinski definition) is 0. The molecule has 33 heavy (non-hydrogen) atoms. The van der Waals surface area contributed by atoms with Crippen molar-refractivity contribution in [3.05, 3.63) is 77.1 Å². The summed E-state index contributed by atoms with van der Waals surface area (Å²) in [6.45, 7) is 3.62. The molecule has 3 aromatic heterocycles. The van der Waals surface area contributed by atoms with E-state index in [4.69, 9.17) is 0 Å². The van der Waals surface area contributed by atoms with Crippen molar-refractivity contribution in [2.75, 3.05) is 5.75 Å². The lowest BCUT2D eigenvalue weighted by Gasteiger charge is -2.12. The summed E-state index contributed by atoms with van der Waals surface area (Å²) in [5, 5.41) is 9.10. The molecule has 0 N–H and O–H groups in total. The number of para-hydroxylation sites is 1. The topological polar surface area (TPSA) is 52.2 Å². The van der Waals surface area contributed by atoms with Gasteiger partial charge in [0.05, 0.1) is 21.5 Å².